The first kappa shape index (κ1) is 24.9. The number of carboxylic acid groups (broad SMARTS) is 2. The number of hydrogen-bond acceptors (Lipinski definition) is 4. The van der Waals surface area contributed by atoms with Crippen molar-refractivity contribution < 1.29 is 29.7 Å². The summed E-state index contributed by atoms with van der Waals surface area (Å²) in [7, 11) is 0. The van der Waals surface area contributed by atoms with E-state index in [4.69, 9.17) is 5.11 Å². The van der Waals surface area contributed by atoms with E-state index in [2.05, 4.69) is 0 Å². The van der Waals surface area contributed by atoms with Crippen molar-refractivity contribution in [1.29, 1.82) is 0 Å². The molecule has 1 saturated carbocycles. The molecule has 0 bridgehead atoms. The number of rotatable bonds is 8. The van der Waals surface area contributed by atoms with Gasteiger partial charge in [0, 0.05) is 18.5 Å². The van der Waals surface area contributed by atoms with Crippen molar-refractivity contribution in [2.24, 2.45) is 5.92 Å². The number of aryl methyl sites for hydroxylation is 1. The maximum Gasteiger partial charge on any atom is 0.335 e. The highest BCUT2D eigenvalue weighted by atomic mass is 16.4. The fraction of sp³-hybridized carbons (Fsp3) is 0.429. The molecule has 2 aliphatic rings. The number of likely N-dealkylation sites (tertiary alicyclic amines) is 1. The Morgan fingerprint density at radius 3 is 2.17 bits per heavy atom. The molecule has 4 rings (SSSR count). The van der Waals surface area contributed by atoms with Crippen LogP contribution >= 0.6 is 0 Å². The maximum atomic E-state index is 14.1. The molecule has 1 aliphatic heterocycles. The Morgan fingerprint density at radius 2 is 1.57 bits per heavy atom. The van der Waals surface area contributed by atoms with Crippen molar-refractivity contribution in [3.05, 3.63) is 77.2 Å². The van der Waals surface area contributed by atoms with Gasteiger partial charge in [0.1, 0.15) is 0 Å². The van der Waals surface area contributed by atoms with Crippen LogP contribution in [0.5, 0.6) is 0 Å². The first-order valence-electron chi connectivity index (χ1n) is 12.3. The van der Waals surface area contributed by atoms with Gasteiger partial charge in [0.2, 0.25) is 0 Å². The van der Waals surface area contributed by atoms with Crippen LogP contribution in [0.1, 0.15) is 66.4 Å². The zero-order chi connectivity index (χ0) is 25.0. The molecule has 35 heavy (non-hydrogen) atoms. The molecule has 7 nitrogen and oxygen atoms in total. The zero-order valence-electron chi connectivity index (χ0n) is 19.7. The number of carbonyl (C=O) groups excluding carboxylic acids is 1. The molecule has 2 aromatic carbocycles. The Bertz CT molecular complexity index is 1050. The van der Waals surface area contributed by atoms with Gasteiger partial charge in [-0.1, -0.05) is 55.3 Å². The summed E-state index contributed by atoms with van der Waals surface area (Å²) >= 11 is 0. The lowest BCUT2D eigenvalue weighted by Gasteiger charge is -2.44. The number of benzene rings is 2. The van der Waals surface area contributed by atoms with Crippen molar-refractivity contribution in [1.82, 2.24) is 4.90 Å². The molecule has 0 aromatic heterocycles. The largest absolute Gasteiger partial charge is 0.481 e. The van der Waals surface area contributed by atoms with Gasteiger partial charge in [-0.2, -0.15) is 0 Å². The zero-order valence-corrected chi connectivity index (χ0v) is 19.7. The molecule has 3 N–H and O–H groups in total. The fourth-order valence-electron chi connectivity index (χ4n) is 5.59. The van der Waals surface area contributed by atoms with Crippen LogP contribution in [-0.4, -0.2) is 50.7 Å². The number of carbonyl (C=O) groups is 3. The van der Waals surface area contributed by atoms with Crippen LogP contribution in [-0.2, 0) is 21.6 Å². The molecule has 1 radical (unpaired) electrons. The van der Waals surface area contributed by atoms with Crippen molar-refractivity contribution in [2.75, 3.05) is 6.54 Å². The summed E-state index contributed by atoms with van der Waals surface area (Å²) < 4.78 is 0. The second-order valence-electron chi connectivity index (χ2n) is 9.67. The van der Waals surface area contributed by atoms with Crippen molar-refractivity contribution in [2.45, 2.75) is 63.0 Å². The number of amides is 1. The number of carboxylic acids is 2. The molecule has 185 valence electrons. The van der Waals surface area contributed by atoms with Crippen molar-refractivity contribution in [3.8, 4) is 0 Å². The van der Waals surface area contributed by atoms with Crippen LogP contribution in [0.2, 0.25) is 0 Å². The molecule has 2 aromatic rings. The highest BCUT2D eigenvalue weighted by molar-refractivity contribution is 5.89. The average molecular weight is 479 g/mol. The van der Waals surface area contributed by atoms with E-state index >= 15 is 0 Å². The van der Waals surface area contributed by atoms with E-state index in [0.717, 1.165) is 31.2 Å². The van der Waals surface area contributed by atoms with E-state index in [1.807, 2.05) is 18.2 Å². The van der Waals surface area contributed by atoms with E-state index in [1.165, 1.54) is 0 Å². The lowest BCUT2D eigenvalue weighted by molar-refractivity contribution is -0.164. The maximum absolute atomic E-state index is 14.1. The van der Waals surface area contributed by atoms with Crippen LogP contribution in [0, 0.1) is 11.8 Å². The van der Waals surface area contributed by atoms with Gasteiger partial charge in [-0.05, 0) is 61.8 Å². The predicted molar refractivity (Wildman–Crippen MR) is 130 cm³/mol. The molecule has 1 saturated heterocycles. The fourth-order valence-corrected chi connectivity index (χ4v) is 5.59. The van der Waals surface area contributed by atoms with Gasteiger partial charge in [0.15, 0.2) is 5.60 Å². The van der Waals surface area contributed by atoms with Crippen LogP contribution in [0.4, 0.5) is 0 Å². The number of aliphatic carboxylic acids is 1. The topological polar surface area (TPSA) is 115 Å². The highest BCUT2D eigenvalue weighted by Crippen LogP contribution is 2.43. The standard InChI is InChI=1S/C28H32NO6/c30-25(31)20-13-10-19(11-14-20)12-15-24-18-21(26(32)33)16-17-29(24)27(34)28(35,23-8-4-5-9-23)22-6-2-1-3-7-22/h1-3,6-7,10-11,13-14,23-24,35H,4-5,8-9,12,15-18H2,(H,30,31)(H,32,33)/t24?,28-/m0/s1. The molecule has 0 spiro atoms. The second-order valence-corrected chi connectivity index (χ2v) is 9.67. The minimum absolute atomic E-state index is 0.175. The first-order valence-corrected chi connectivity index (χ1v) is 12.3. The summed E-state index contributed by atoms with van der Waals surface area (Å²) in [6.45, 7) is 0.255. The van der Waals surface area contributed by atoms with Gasteiger partial charge in [0.05, 0.1) is 11.5 Å². The van der Waals surface area contributed by atoms with E-state index in [9.17, 15) is 24.6 Å². The van der Waals surface area contributed by atoms with Gasteiger partial charge in [0.25, 0.3) is 5.91 Å². The average Bonchev–Trinajstić information content (AvgIpc) is 3.43. The van der Waals surface area contributed by atoms with Crippen molar-refractivity contribution >= 4 is 17.8 Å². The number of hydrogen-bond donors (Lipinski definition) is 3. The van der Waals surface area contributed by atoms with Crippen LogP contribution in [0.3, 0.4) is 0 Å². The number of aromatic carboxylic acids is 1. The lowest BCUT2D eigenvalue weighted by atomic mass is 9.77. The Hall–Kier alpha value is -3.19. The van der Waals surface area contributed by atoms with Crippen LogP contribution < -0.4 is 0 Å². The minimum Gasteiger partial charge on any atom is -0.481 e. The molecule has 2 fully saturated rings. The van der Waals surface area contributed by atoms with Crippen LogP contribution in [0.15, 0.2) is 54.6 Å². The smallest absolute Gasteiger partial charge is 0.335 e. The molecule has 1 amide bonds. The van der Waals surface area contributed by atoms with E-state index in [0.29, 0.717) is 24.3 Å². The Kier molecular flexibility index (Phi) is 7.55. The predicted octanol–water partition coefficient (Wildman–Crippen LogP) is 4.05. The third-order valence-electron chi connectivity index (χ3n) is 7.59. The van der Waals surface area contributed by atoms with Gasteiger partial charge in [-0.25, -0.2) is 4.79 Å². The summed E-state index contributed by atoms with van der Waals surface area (Å²) in [6, 6.07) is 15.3. The molecule has 7 heteroatoms. The van der Waals surface area contributed by atoms with Gasteiger partial charge in [-0.15, -0.1) is 0 Å². The minimum atomic E-state index is -1.64. The Labute approximate surface area is 205 Å². The quantitative estimate of drug-likeness (QED) is 0.527. The molecular weight excluding hydrogens is 446 g/mol. The van der Waals surface area contributed by atoms with Crippen LogP contribution in [0.25, 0.3) is 0 Å². The lowest BCUT2D eigenvalue weighted by Crippen LogP contribution is -2.56. The number of aliphatic hydroxyl groups is 1. The summed E-state index contributed by atoms with van der Waals surface area (Å²) in [6.07, 6.45) is 5.11. The van der Waals surface area contributed by atoms with Crippen molar-refractivity contribution in [3.63, 3.8) is 0 Å². The number of piperidine rings is 1. The Morgan fingerprint density at radius 1 is 0.914 bits per heavy atom. The third-order valence-corrected chi connectivity index (χ3v) is 7.59. The summed E-state index contributed by atoms with van der Waals surface area (Å²) in [4.78, 5) is 38.6. The molecule has 2 atom stereocenters. The van der Waals surface area contributed by atoms with Gasteiger partial charge in [-0.3, -0.25) is 9.59 Å². The second kappa shape index (κ2) is 10.6. The number of nitrogens with zero attached hydrogens (tertiary/aromatic N) is 1. The molecular formula is C28H32NO6. The summed E-state index contributed by atoms with van der Waals surface area (Å²) in [5.74, 6) is -2.06. The highest BCUT2D eigenvalue weighted by Gasteiger charge is 2.50. The van der Waals surface area contributed by atoms with Gasteiger partial charge < -0.3 is 20.2 Å². The Balaban J connectivity index is 1.59. The first-order chi connectivity index (χ1) is 16.8. The summed E-state index contributed by atoms with van der Waals surface area (Å²) in [5, 5.41) is 30.7. The SMILES string of the molecule is O=C(O)[C]1CCN(C(=O)[C@](O)(c2ccccc2)C2CCCC2)C(CCc2ccc(C(=O)O)cc2)C1. The van der Waals surface area contributed by atoms with E-state index in [1.54, 1.807) is 41.3 Å². The molecule has 1 aliphatic carbocycles. The van der Waals surface area contributed by atoms with E-state index in [-0.39, 0.29) is 42.8 Å². The van der Waals surface area contributed by atoms with Gasteiger partial charge >= 0.3 is 11.9 Å². The summed E-state index contributed by atoms with van der Waals surface area (Å²) in [5.41, 5.74) is 0.0703. The third kappa shape index (κ3) is 5.25. The monoisotopic (exact) mass is 478 g/mol. The molecule has 1 unspecified atom stereocenters. The molecule has 1 heterocycles. The normalized spacial score (nSPS) is 20.9. The van der Waals surface area contributed by atoms with E-state index < -0.39 is 17.5 Å².